The van der Waals surface area contributed by atoms with Gasteiger partial charge in [0.2, 0.25) is 5.89 Å². The van der Waals surface area contributed by atoms with Crippen LogP contribution in [0, 0.1) is 12.7 Å². The van der Waals surface area contributed by atoms with Crippen LogP contribution in [-0.2, 0) is 0 Å². The van der Waals surface area contributed by atoms with Crippen molar-refractivity contribution in [3.05, 3.63) is 41.3 Å². The number of nitrogens with one attached hydrogen (secondary N) is 1. The number of aromatic nitrogens is 2. The third kappa shape index (κ3) is 2.76. The summed E-state index contributed by atoms with van der Waals surface area (Å²) in [6.07, 6.45) is 0.500. The van der Waals surface area contributed by atoms with Gasteiger partial charge >= 0.3 is 0 Å². The van der Waals surface area contributed by atoms with Gasteiger partial charge in [0.1, 0.15) is 17.1 Å². The predicted molar refractivity (Wildman–Crippen MR) is 67.6 cm³/mol. The molecule has 0 spiro atoms. The number of carbonyl (C=O) groups excluding carboxylic acids is 1. The highest BCUT2D eigenvalue weighted by Crippen LogP contribution is 2.21. The van der Waals surface area contributed by atoms with E-state index in [1.807, 2.05) is 6.92 Å². The largest absolute Gasteiger partial charge is 0.507 e. The zero-order chi connectivity index (χ0) is 14.7. The molecule has 1 atom stereocenters. The summed E-state index contributed by atoms with van der Waals surface area (Å²) in [7, 11) is 0. The van der Waals surface area contributed by atoms with Crippen molar-refractivity contribution in [2.45, 2.75) is 26.3 Å². The molecule has 1 aromatic carbocycles. The van der Waals surface area contributed by atoms with E-state index in [0.29, 0.717) is 18.1 Å². The van der Waals surface area contributed by atoms with Gasteiger partial charge in [-0.25, -0.2) is 4.39 Å². The van der Waals surface area contributed by atoms with E-state index in [4.69, 9.17) is 4.52 Å². The van der Waals surface area contributed by atoms with E-state index in [0.717, 1.165) is 6.07 Å². The molecule has 0 saturated heterocycles. The summed E-state index contributed by atoms with van der Waals surface area (Å²) in [5.41, 5.74) is -0.397. The standard InChI is InChI=1S/C13H14FN3O3/c1-3-9(12-15-7(2)20-17-12)16-13(19)11-8(14)5-4-6-10(11)18/h4-6,9,18H,3H2,1-2H3,(H,16,19)/t9-/m0/s1. The highest BCUT2D eigenvalue weighted by Gasteiger charge is 2.22. The molecule has 2 N–H and O–H groups in total. The Morgan fingerprint density at radius 1 is 1.55 bits per heavy atom. The zero-order valence-corrected chi connectivity index (χ0v) is 11.1. The lowest BCUT2D eigenvalue weighted by atomic mass is 10.1. The molecule has 106 valence electrons. The summed E-state index contributed by atoms with van der Waals surface area (Å²) in [6.45, 7) is 3.45. The number of halogens is 1. The lowest BCUT2D eigenvalue weighted by molar-refractivity contribution is 0.0926. The highest BCUT2D eigenvalue weighted by atomic mass is 19.1. The van der Waals surface area contributed by atoms with Gasteiger partial charge in [-0.15, -0.1) is 0 Å². The van der Waals surface area contributed by atoms with Crippen LogP contribution in [0.5, 0.6) is 5.75 Å². The van der Waals surface area contributed by atoms with E-state index >= 15 is 0 Å². The minimum atomic E-state index is -0.790. The van der Waals surface area contributed by atoms with Crippen molar-refractivity contribution < 1.29 is 18.8 Å². The Hall–Kier alpha value is -2.44. The Morgan fingerprint density at radius 3 is 2.85 bits per heavy atom. The third-order valence-corrected chi connectivity index (χ3v) is 2.79. The summed E-state index contributed by atoms with van der Waals surface area (Å²) in [4.78, 5) is 16.1. The van der Waals surface area contributed by atoms with Crippen LogP contribution in [-0.4, -0.2) is 21.2 Å². The highest BCUT2D eigenvalue weighted by molar-refractivity contribution is 5.97. The molecule has 2 aromatic rings. The number of carbonyl (C=O) groups is 1. The first-order valence-corrected chi connectivity index (χ1v) is 6.11. The zero-order valence-electron chi connectivity index (χ0n) is 11.1. The van der Waals surface area contributed by atoms with Crippen molar-refractivity contribution in [1.29, 1.82) is 0 Å². The summed E-state index contributed by atoms with van der Waals surface area (Å²) < 4.78 is 18.4. The number of amides is 1. The monoisotopic (exact) mass is 279 g/mol. The van der Waals surface area contributed by atoms with E-state index in [1.54, 1.807) is 6.92 Å². The van der Waals surface area contributed by atoms with Crippen molar-refractivity contribution in [3.8, 4) is 5.75 Å². The first-order chi connectivity index (χ1) is 9.52. The molecule has 20 heavy (non-hydrogen) atoms. The molecule has 0 radical (unpaired) electrons. The van der Waals surface area contributed by atoms with Crippen LogP contribution in [0.2, 0.25) is 0 Å². The molecule has 0 saturated carbocycles. The van der Waals surface area contributed by atoms with Gasteiger partial charge in [-0.1, -0.05) is 18.1 Å². The van der Waals surface area contributed by atoms with Crippen LogP contribution in [0.4, 0.5) is 4.39 Å². The van der Waals surface area contributed by atoms with E-state index < -0.39 is 29.1 Å². The quantitative estimate of drug-likeness (QED) is 0.894. The molecule has 7 heteroatoms. The number of rotatable bonds is 4. The molecule has 1 heterocycles. The van der Waals surface area contributed by atoms with Gasteiger partial charge in [-0.2, -0.15) is 4.98 Å². The summed E-state index contributed by atoms with van der Waals surface area (Å²) in [6, 6.07) is 3.16. The van der Waals surface area contributed by atoms with Gasteiger partial charge < -0.3 is 14.9 Å². The Labute approximate surface area is 114 Å². The van der Waals surface area contributed by atoms with Crippen molar-refractivity contribution in [1.82, 2.24) is 15.5 Å². The van der Waals surface area contributed by atoms with Gasteiger partial charge in [0, 0.05) is 6.92 Å². The van der Waals surface area contributed by atoms with E-state index in [-0.39, 0.29) is 0 Å². The van der Waals surface area contributed by atoms with Gasteiger partial charge in [0.25, 0.3) is 5.91 Å². The molecular weight excluding hydrogens is 265 g/mol. The SMILES string of the molecule is CC[C@H](NC(=O)c1c(O)cccc1F)c1noc(C)n1. The van der Waals surface area contributed by atoms with Gasteiger partial charge in [0.05, 0.1) is 6.04 Å². The third-order valence-electron chi connectivity index (χ3n) is 2.79. The molecule has 1 amide bonds. The van der Waals surface area contributed by atoms with Crippen LogP contribution >= 0.6 is 0 Å². The molecule has 6 nitrogen and oxygen atoms in total. The minimum absolute atomic E-state index is 0.314. The average molecular weight is 279 g/mol. The van der Waals surface area contributed by atoms with Crippen molar-refractivity contribution >= 4 is 5.91 Å². The summed E-state index contributed by atoms with van der Waals surface area (Å²) in [5.74, 6) is -1.24. The Bertz CT molecular complexity index is 607. The number of aryl methyl sites for hydroxylation is 1. The number of phenolic OH excluding ortho intramolecular Hbond substituents is 1. The van der Waals surface area contributed by atoms with E-state index in [2.05, 4.69) is 15.5 Å². The van der Waals surface area contributed by atoms with Gasteiger partial charge in [0.15, 0.2) is 5.82 Å². The number of hydrogen-bond donors (Lipinski definition) is 2. The van der Waals surface area contributed by atoms with E-state index in [1.165, 1.54) is 12.1 Å². The first-order valence-electron chi connectivity index (χ1n) is 6.11. The predicted octanol–water partition coefficient (Wildman–Crippen LogP) is 2.10. The maximum Gasteiger partial charge on any atom is 0.258 e. The molecule has 0 aliphatic heterocycles. The maximum atomic E-state index is 13.6. The lowest BCUT2D eigenvalue weighted by Gasteiger charge is -2.14. The number of hydrogen-bond acceptors (Lipinski definition) is 5. The Morgan fingerprint density at radius 2 is 2.30 bits per heavy atom. The molecule has 0 bridgehead atoms. The number of nitrogens with zero attached hydrogens (tertiary/aromatic N) is 2. The number of phenols is 1. The van der Waals surface area contributed by atoms with Gasteiger partial charge in [-0.05, 0) is 18.6 Å². The number of benzene rings is 1. The van der Waals surface area contributed by atoms with Crippen LogP contribution in [0.1, 0.15) is 41.5 Å². The molecule has 1 aromatic heterocycles. The summed E-state index contributed by atoms with van der Waals surface area (Å²) in [5, 5.41) is 15.9. The van der Waals surface area contributed by atoms with E-state index in [9.17, 15) is 14.3 Å². The fourth-order valence-electron chi connectivity index (χ4n) is 1.77. The molecule has 2 rings (SSSR count). The number of aromatic hydroxyl groups is 1. The van der Waals surface area contributed by atoms with Gasteiger partial charge in [-0.3, -0.25) is 4.79 Å². The topological polar surface area (TPSA) is 88.2 Å². The van der Waals surface area contributed by atoms with Crippen LogP contribution in [0.15, 0.2) is 22.7 Å². The second-order valence-electron chi connectivity index (χ2n) is 4.24. The van der Waals surface area contributed by atoms with Crippen LogP contribution in [0.3, 0.4) is 0 Å². The summed E-state index contributed by atoms with van der Waals surface area (Å²) >= 11 is 0. The van der Waals surface area contributed by atoms with Crippen molar-refractivity contribution in [3.63, 3.8) is 0 Å². The molecule has 0 unspecified atom stereocenters. The molecular formula is C13H14FN3O3. The Kier molecular flexibility index (Phi) is 3.97. The molecule has 0 fully saturated rings. The van der Waals surface area contributed by atoms with Crippen LogP contribution in [0.25, 0.3) is 0 Å². The minimum Gasteiger partial charge on any atom is -0.507 e. The lowest BCUT2D eigenvalue weighted by Crippen LogP contribution is -2.29. The molecule has 0 aliphatic rings. The maximum absolute atomic E-state index is 13.6. The normalized spacial score (nSPS) is 12.2. The van der Waals surface area contributed by atoms with Crippen molar-refractivity contribution in [2.24, 2.45) is 0 Å². The fraction of sp³-hybridized carbons (Fsp3) is 0.308. The smallest absolute Gasteiger partial charge is 0.258 e. The Balaban J connectivity index is 2.22. The molecule has 0 aliphatic carbocycles. The second kappa shape index (κ2) is 5.68. The first kappa shape index (κ1) is 14.0. The average Bonchev–Trinajstić information content (AvgIpc) is 2.82. The fourth-order valence-corrected chi connectivity index (χ4v) is 1.77. The second-order valence-corrected chi connectivity index (χ2v) is 4.24. The van der Waals surface area contributed by atoms with Crippen molar-refractivity contribution in [2.75, 3.05) is 0 Å². The van der Waals surface area contributed by atoms with Crippen LogP contribution < -0.4 is 5.32 Å².